The van der Waals surface area contributed by atoms with Gasteiger partial charge in [-0.2, -0.15) is 0 Å². The zero-order valence-electron chi connectivity index (χ0n) is 7.42. The van der Waals surface area contributed by atoms with Crippen LogP contribution < -0.4 is 0 Å². The van der Waals surface area contributed by atoms with Gasteiger partial charge in [-0.25, -0.2) is 0 Å². The molecule has 0 aliphatic rings. The van der Waals surface area contributed by atoms with Crippen LogP contribution in [0, 0.1) is 0 Å². The van der Waals surface area contributed by atoms with E-state index in [0.717, 1.165) is 17.4 Å². The van der Waals surface area contributed by atoms with Gasteiger partial charge in [0, 0.05) is 41.5 Å². The maximum absolute atomic E-state index is 10.5. The second-order valence-electron chi connectivity index (χ2n) is 2.87. The molecule has 0 saturated carbocycles. The number of rotatable bonds is 2. The summed E-state index contributed by atoms with van der Waals surface area (Å²) in [7, 11) is 0. The molecule has 0 spiro atoms. The van der Waals surface area contributed by atoms with Gasteiger partial charge in [0.25, 0.3) is 0 Å². The van der Waals surface area contributed by atoms with E-state index in [-0.39, 0.29) is 0 Å². The Morgan fingerprint density at radius 2 is 1.93 bits per heavy atom. The number of carbonyl (C=O) groups excluding carboxylic acids is 1. The molecule has 0 saturated heterocycles. The van der Waals surface area contributed by atoms with Crippen molar-refractivity contribution < 1.29 is 4.79 Å². The minimum absolute atomic E-state index is 0.575. The number of hydrogen-bond donors (Lipinski definition) is 0. The first-order chi connectivity index (χ1) is 6.90. The van der Waals surface area contributed by atoms with E-state index in [0.29, 0.717) is 5.56 Å². The van der Waals surface area contributed by atoms with Crippen LogP contribution in [0.4, 0.5) is 0 Å². The monoisotopic (exact) mass is 184 g/mol. The Hall–Kier alpha value is -2.03. The molecule has 0 unspecified atom stereocenters. The largest absolute Gasteiger partial charge is 0.298 e. The normalized spacial score (nSPS) is 9.71. The van der Waals surface area contributed by atoms with Gasteiger partial charge in [-0.3, -0.25) is 14.8 Å². The summed E-state index contributed by atoms with van der Waals surface area (Å²) < 4.78 is 0. The molecule has 0 N–H and O–H groups in total. The Morgan fingerprint density at radius 1 is 1.07 bits per heavy atom. The second kappa shape index (κ2) is 3.79. The minimum Gasteiger partial charge on any atom is -0.298 e. The third kappa shape index (κ3) is 1.66. The Morgan fingerprint density at radius 3 is 2.64 bits per heavy atom. The van der Waals surface area contributed by atoms with Gasteiger partial charge in [0.15, 0.2) is 6.29 Å². The summed E-state index contributed by atoms with van der Waals surface area (Å²) in [5.74, 6) is 0. The summed E-state index contributed by atoms with van der Waals surface area (Å²) in [5, 5.41) is 0. The van der Waals surface area contributed by atoms with Crippen molar-refractivity contribution in [3.05, 3.63) is 48.5 Å². The van der Waals surface area contributed by atoms with Gasteiger partial charge in [-0.15, -0.1) is 0 Å². The number of nitrogens with zero attached hydrogens (tertiary/aromatic N) is 2. The molecule has 2 rings (SSSR count). The highest BCUT2D eigenvalue weighted by molar-refractivity contribution is 5.77. The fraction of sp³-hybridized carbons (Fsp3) is 0. The van der Waals surface area contributed by atoms with E-state index >= 15 is 0 Å². The molecule has 2 heterocycles. The first kappa shape index (κ1) is 8.56. The molecule has 14 heavy (non-hydrogen) atoms. The van der Waals surface area contributed by atoms with Crippen LogP contribution in [0.15, 0.2) is 43.0 Å². The van der Waals surface area contributed by atoms with E-state index in [1.54, 1.807) is 24.7 Å². The van der Waals surface area contributed by atoms with E-state index in [1.165, 1.54) is 6.20 Å². The van der Waals surface area contributed by atoms with E-state index < -0.39 is 0 Å². The Balaban J connectivity index is 2.47. The summed E-state index contributed by atoms with van der Waals surface area (Å²) in [5.41, 5.74) is 2.44. The minimum atomic E-state index is 0.575. The van der Waals surface area contributed by atoms with Gasteiger partial charge in [0.2, 0.25) is 0 Å². The van der Waals surface area contributed by atoms with Crippen molar-refractivity contribution in [1.29, 1.82) is 0 Å². The number of carbonyl (C=O) groups is 1. The number of hydrogen-bond acceptors (Lipinski definition) is 3. The van der Waals surface area contributed by atoms with Crippen molar-refractivity contribution in [1.82, 2.24) is 9.97 Å². The summed E-state index contributed by atoms with van der Waals surface area (Å²) in [4.78, 5) is 18.5. The molecule has 0 bridgehead atoms. The Kier molecular flexibility index (Phi) is 2.32. The highest BCUT2D eigenvalue weighted by atomic mass is 16.1. The molecule has 0 aliphatic heterocycles. The predicted octanol–water partition coefficient (Wildman–Crippen LogP) is 1.96. The van der Waals surface area contributed by atoms with Crippen LogP contribution in [-0.2, 0) is 0 Å². The molecule has 2 aromatic heterocycles. The number of aromatic nitrogens is 2. The maximum atomic E-state index is 10.5. The quantitative estimate of drug-likeness (QED) is 0.670. The van der Waals surface area contributed by atoms with E-state index in [1.807, 2.05) is 12.1 Å². The average Bonchev–Trinajstić information content (AvgIpc) is 2.30. The highest BCUT2D eigenvalue weighted by Gasteiger charge is 1.98. The van der Waals surface area contributed by atoms with E-state index in [4.69, 9.17) is 0 Å². The zero-order chi connectivity index (χ0) is 9.80. The molecule has 0 atom stereocenters. The van der Waals surface area contributed by atoms with Crippen molar-refractivity contribution in [3.63, 3.8) is 0 Å². The standard InChI is InChI=1S/C11H8N2O/c14-8-9-4-11(7-13-5-9)10-2-1-3-12-6-10/h1-8H. The molecule has 0 aromatic carbocycles. The Labute approximate surface area is 81.5 Å². The molecular weight excluding hydrogens is 176 g/mol. The van der Waals surface area contributed by atoms with Gasteiger partial charge in [0.05, 0.1) is 0 Å². The molecule has 2 aromatic rings. The topological polar surface area (TPSA) is 42.9 Å². The van der Waals surface area contributed by atoms with Crippen molar-refractivity contribution in [3.8, 4) is 11.1 Å². The molecular formula is C11H8N2O. The van der Waals surface area contributed by atoms with Gasteiger partial charge < -0.3 is 0 Å². The lowest BCUT2D eigenvalue weighted by Crippen LogP contribution is -1.85. The third-order valence-electron chi connectivity index (χ3n) is 1.89. The van der Waals surface area contributed by atoms with Crippen LogP contribution in [0.5, 0.6) is 0 Å². The number of pyridine rings is 2. The summed E-state index contributed by atoms with van der Waals surface area (Å²) in [6.45, 7) is 0. The SMILES string of the molecule is O=Cc1cncc(-c2cccnc2)c1. The molecule has 0 radical (unpaired) electrons. The predicted molar refractivity (Wildman–Crippen MR) is 52.9 cm³/mol. The second-order valence-corrected chi connectivity index (χ2v) is 2.87. The van der Waals surface area contributed by atoms with Crippen molar-refractivity contribution in [2.24, 2.45) is 0 Å². The summed E-state index contributed by atoms with van der Waals surface area (Å²) in [6, 6.07) is 5.57. The van der Waals surface area contributed by atoms with Crippen molar-refractivity contribution in [2.45, 2.75) is 0 Å². The van der Waals surface area contributed by atoms with Crippen molar-refractivity contribution in [2.75, 3.05) is 0 Å². The van der Waals surface area contributed by atoms with E-state index in [2.05, 4.69) is 9.97 Å². The first-order valence-corrected chi connectivity index (χ1v) is 4.21. The van der Waals surface area contributed by atoms with Gasteiger partial charge in [-0.05, 0) is 12.1 Å². The Bertz CT molecular complexity index is 440. The lowest BCUT2D eigenvalue weighted by molar-refractivity contribution is 0.112. The van der Waals surface area contributed by atoms with Crippen LogP contribution in [0.25, 0.3) is 11.1 Å². The molecule has 0 aliphatic carbocycles. The van der Waals surface area contributed by atoms with Crippen LogP contribution in [0.2, 0.25) is 0 Å². The third-order valence-corrected chi connectivity index (χ3v) is 1.89. The van der Waals surface area contributed by atoms with Crippen LogP contribution in [0.1, 0.15) is 10.4 Å². The van der Waals surface area contributed by atoms with Gasteiger partial charge >= 0.3 is 0 Å². The first-order valence-electron chi connectivity index (χ1n) is 4.21. The maximum Gasteiger partial charge on any atom is 0.151 e. The van der Waals surface area contributed by atoms with Crippen molar-refractivity contribution >= 4 is 6.29 Å². The van der Waals surface area contributed by atoms with Gasteiger partial charge in [-0.1, -0.05) is 6.07 Å². The lowest BCUT2D eigenvalue weighted by Gasteiger charge is -1.99. The fourth-order valence-electron chi connectivity index (χ4n) is 1.21. The fourth-order valence-corrected chi connectivity index (χ4v) is 1.21. The average molecular weight is 184 g/mol. The molecule has 68 valence electrons. The summed E-state index contributed by atoms with van der Waals surface area (Å²) >= 11 is 0. The summed E-state index contributed by atoms with van der Waals surface area (Å²) in [6.07, 6.45) is 7.48. The molecule has 0 fully saturated rings. The van der Waals surface area contributed by atoms with E-state index in [9.17, 15) is 4.79 Å². The number of aldehydes is 1. The smallest absolute Gasteiger partial charge is 0.151 e. The zero-order valence-corrected chi connectivity index (χ0v) is 7.42. The van der Waals surface area contributed by atoms with Crippen LogP contribution in [-0.4, -0.2) is 16.3 Å². The molecule has 3 nitrogen and oxygen atoms in total. The van der Waals surface area contributed by atoms with Gasteiger partial charge in [0.1, 0.15) is 0 Å². The van der Waals surface area contributed by atoms with Crippen LogP contribution in [0.3, 0.4) is 0 Å². The molecule has 0 amide bonds. The highest BCUT2D eigenvalue weighted by Crippen LogP contribution is 2.16. The molecule has 3 heteroatoms. The lowest BCUT2D eigenvalue weighted by atomic mass is 10.1. The van der Waals surface area contributed by atoms with Crippen LogP contribution >= 0.6 is 0 Å².